The molecule has 0 radical (unpaired) electrons. The lowest BCUT2D eigenvalue weighted by Crippen LogP contribution is -2.30. The summed E-state index contributed by atoms with van der Waals surface area (Å²) in [5.74, 6) is -0.459. The van der Waals surface area contributed by atoms with E-state index in [1.54, 1.807) is 0 Å². The summed E-state index contributed by atoms with van der Waals surface area (Å²) in [5.41, 5.74) is 9.52. The van der Waals surface area contributed by atoms with Gasteiger partial charge in [-0.25, -0.2) is 0 Å². The van der Waals surface area contributed by atoms with Crippen LogP contribution in [0.4, 0.5) is 0 Å². The van der Waals surface area contributed by atoms with Gasteiger partial charge in [0.2, 0.25) is 5.91 Å². The van der Waals surface area contributed by atoms with Gasteiger partial charge in [-0.2, -0.15) is 0 Å². The molecule has 1 heterocycles. The molecule has 1 amide bonds. The van der Waals surface area contributed by atoms with Gasteiger partial charge in [0.15, 0.2) is 0 Å². The fraction of sp³-hybridized carbons (Fsp3) is 0.318. The Bertz CT molecular complexity index is 860. The van der Waals surface area contributed by atoms with E-state index in [1.165, 1.54) is 7.11 Å². The number of nitrogen functional groups attached to an aromatic ring is 1. The van der Waals surface area contributed by atoms with Crippen LogP contribution in [0.2, 0.25) is 0 Å². The summed E-state index contributed by atoms with van der Waals surface area (Å²) in [7, 11) is 1.35. The van der Waals surface area contributed by atoms with E-state index >= 15 is 0 Å². The van der Waals surface area contributed by atoms with Crippen LogP contribution in [0.1, 0.15) is 24.0 Å². The maximum Gasteiger partial charge on any atom is 0.306 e. The standard InChI is InChI=1S/C22H25N3O3/c1-28-20(26)14-19-11-13-25(22(19)27)12-10-15-2-4-16(5-3-15)17-6-8-18(9-7-17)21(23)24/h2-9,19H,10-14H2,1H3,(H3,23,24). The second-order valence-electron chi connectivity index (χ2n) is 7.03. The van der Waals surface area contributed by atoms with E-state index < -0.39 is 0 Å². The van der Waals surface area contributed by atoms with Gasteiger partial charge in [-0.05, 0) is 29.5 Å². The largest absolute Gasteiger partial charge is 0.469 e. The summed E-state index contributed by atoms with van der Waals surface area (Å²) in [6.45, 7) is 1.35. The highest BCUT2D eigenvalue weighted by atomic mass is 16.5. The molecule has 2 aromatic carbocycles. The molecule has 0 spiro atoms. The monoisotopic (exact) mass is 379 g/mol. The predicted octanol–water partition coefficient (Wildman–Crippen LogP) is 2.59. The molecule has 28 heavy (non-hydrogen) atoms. The first-order valence-electron chi connectivity index (χ1n) is 9.37. The number of nitrogens with two attached hydrogens (primary N) is 1. The molecule has 1 fully saturated rings. The van der Waals surface area contributed by atoms with Gasteiger partial charge in [0.05, 0.1) is 19.4 Å². The lowest BCUT2D eigenvalue weighted by molar-refractivity contribution is -0.144. The zero-order valence-electron chi connectivity index (χ0n) is 16.0. The number of hydrogen-bond acceptors (Lipinski definition) is 4. The summed E-state index contributed by atoms with van der Waals surface area (Å²) in [6.07, 6.45) is 1.66. The summed E-state index contributed by atoms with van der Waals surface area (Å²) in [5, 5.41) is 7.45. The van der Waals surface area contributed by atoms with Crippen LogP contribution in [0.25, 0.3) is 11.1 Å². The van der Waals surface area contributed by atoms with Gasteiger partial charge >= 0.3 is 5.97 Å². The van der Waals surface area contributed by atoms with Crippen LogP contribution in [0, 0.1) is 11.3 Å². The second-order valence-corrected chi connectivity index (χ2v) is 7.03. The van der Waals surface area contributed by atoms with Crippen molar-refractivity contribution in [2.24, 2.45) is 11.7 Å². The molecule has 0 saturated carbocycles. The van der Waals surface area contributed by atoms with E-state index in [4.69, 9.17) is 11.1 Å². The molecule has 0 bridgehead atoms. The average Bonchev–Trinajstić information content (AvgIpc) is 3.06. The number of methoxy groups -OCH3 is 1. The maximum atomic E-state index is 12.4. The minimum Gasteiger partial charge on any atom is -0.469 e. The number of nitrogens with zero attached hydrogens (tertiary/aromatic N) is 1. The molecule has 0 aromatic heterocycles. The maximum absolute atomic E-state index is 12.4. The Balaban J connectivity index is 1.55. The Hall–Kier alpha value is -3.15. The lowest BCUT2D eigenvalue weighted by atomic mass is 10.0. The van der Waals surface area contributed by atoms with Crippen LogP contribution < -0.4 is 5.73 Å². The number of benzene rings is 2. The molecule has 0 aliphatic carbocycles. The first kappa shape index (κ1) is 19.6. The summed E-state index contributed by atoms with van der Waals surface area (Å²) < 4.78 is 4.66. The summed E-state index contributed by atoms with van der Waals surface area (Å²) in [6, 6.07) is 15.9. The quantitative estimate of drug-likeness (QED) is 0.439. The molecule has 1 aliphatic heterocycles. The first-order chi connectivity index (χ1) is 13.5. The van der Waals surface area contributed by atoms with Crippen LogP contribution in [-0.4, -0.2) is 42.8 Å². The fourth-order valence-corrected chi connectivity index (χ4v) is 3.47. The minimum atomic E-state index is -0.327. The topological polar surface area (TPSA) is 96.5 Å². The molecule has 3 rings (SSSR count). The molecule has 1 atom stereocenters. The van der Waals surface area contributed by atoms with E-state index in [2.05, 4.69) is 29.0 Å². The van der Waals surface area contributed by atoms with Gasteiger partial charge in [-0.15, -0.1) is 0 Å². The minimum absolute atomic E-state index is 0.0487. The summed E-state index contributed by atoms with van der Waals surface area (Å²) in [4.78, 5) is 25.6. The number of nitrogens with one attached hydrogen (secondary N) is 1. The van der Waals surface area contributed by atoms with Crippen LogP contribution in [-0.2, 0) is 20.7 Å². The van der Waals surface area contributed by atoms with Gasteiger partial charge in [-0.1, -0.05) is 48.5 Å². The average molecular weight is 379 g/mol. The number of amidine groups is 1. The predicted molar refractivity (Wildman–Crippen MR) is 108 cm³/mol. The van der Waals surface area contributed by atoms with E-state index in [0.29, 0.717) is 25.1 Å². The van der Waals surface area contributed by atoms with Crippen molar-refractivity contribution in [2.45, 2.75) is 19.3 Å². The zero-order chi connectivity index (χ0) is 20.1. The van der Waals surface area contributed by atoms with E-state index in [9.17, 15) is 9.59 Å². The zero-order valence-corrected chi connectivity index (χ0v) is 16.0. The van der Waals surface area contributed by atoms with Crippen LogP contribution in [0.15, 0.2) is 48.5 Å². The van der Waals surface area contributed by atoms with Crippen LogP contribution in [0.5, 0.6) is 0 Å². The van der Waals surface area contributed by atoms with Crippen molar-refractivity contribution in [3.63, 3.8) is 0 Å². The highest BCUT2D eigenvalue weighted by Crippen LogP contribution is 2.23. The van der Waals surface area contributed by atoms with Crippen molar-refractivity contribution in [3.05, 3.63) is 59.7 Å². The van der Waals surface area contributed by atoms with Crippen LogP contribution in [0.3, 0.4) is 0 Å². The van der Waals surface area contributed by atoms with Gasteiger partial charge in [0.25, 0.3) is 0 Å². The first-order valence-corrected chi connectivity index (χ1v) is 9.37. The molecular formula is C22H25N3O3. The summed E-state index contributed by atoms with van der Waals surface area (Å²) >= 11 is 0. The highest BCUT2D eigenvalue weighted by Gasteiger charge is 2.32. The molecule has 1 saturated heterocycles. The van der Waals surface area contributed by atoms with Crippen molar-refractivity contribution in [2.75, 3.05) is 20.2 Å². The number of ether oxygens (including phenoxy) is 1. The highest BCUT2D eigenvalue weighted by molar-refractivity contribution is 5.95. The van der Waals surface area contributed by atoms with Gasteiger partial charge in [0, 0.05) is 18.7 Å². The van der Waals surface area contributed by atoms with Crippen molar-refractivity contribution in [1.29, 1.82) is 5.41 Å². The molecule has 2 aromatic rings. The van der Waals surface area contributed by atoms with Gasteiger partial charge < -0.3 is 15.4 Å². The van der Waals surface area contributed by atoms with E-state index in [1.807, 2.05) is 29.2 Å². The molecular weight excluding hydrogens is 354 g/mol. The Morgan fingerprint density at radius 2 is 1.75 bits per heavy atom. The van der Waals surface area contributed by atoms with Gasteiger partial charge in [-0.3, -0.25) is 15.0 Å². The number of carbonyl (C=O) groups excluding carboxylic acids is 2. The number of carbonyl (C=O) groups is 2. The molecule has 6 heteroatoms. The molecule has 1 aliphatic rings. The van der Waals surface area contributed by atoms with E-state index in [-0.39, 0.29) is 30.1 Å². The van der Waals surface area contributed by atoms with Crippen molar-refractivity contribution in [3.8, 4) is 11.1 Å². The SMILES string of the molecule is COC(=O)CC1CCN(CCc2ccc(-c3ccc(C(=N)N)cc3)cc2)C1=O. The molecule has 3 N–H and O–H groups in total. The van der Waals surface area contributed by atoms with Crippen molar-refractivity contribution >= 4 is 17.7 Å². The second kappa shape index (κ2) is 8.69. The molecule has 6 nitrogen and oxygen atoms in total. The number of amides is 1. The third-order valence-corrected chi connectivity index (χ3v) is 5.20. The third kappa shape index (κ3) is 4.57. The van der Waals surface area contributed by atoms with Gasteiger partial charge in [0.1, 0.15) is 5.84 Å². The lowest BCUT2D eigenvalue weighted by Gasteiger charge is -2.16. The Morgan fingerprint density at radius 1 is 1.14 bits per heavy atom. The van der Waals surface area contributed by atoms with Crippen molar-refractivity contribution < 1.29 is 14.3 Å². The third-order valence-electron chi connectivity index (χ3n) is 5.20. The Labute approximate surface area is 164 Å². The molecule has 146 valence electrons. The Kier molecular flexibility index (Phi) is 6.09. The van der Waals surface area contributed by atoms with Crippen LogP contribution >= 0.6 is 0 Å². The van der Waals surface area contributed by atoms with E-state index in [0.717, 1.165) is 23.1 Å². The number of hydrogen-bond donors (Lipinski definition) is 2. The number of esters is 1. The molecule has 1 unspecified atom stereocenters. The normalized spacial score (nSPS) is 16.2. The fourth-order valence-electron chi connectivity index (χ4n) is 3.47. The number of likely N-dealkylation sites (tertiary alicyclic amines) is 1. The van der Waals surface area contributed by atoms with Crippen molar-refractivity contribution in [1.82, 2.24) is 4.90 Å². The Morgan fingerprint density at radius 3 is 2.32 bits per heavy atom. The number of rotatable bonds is 7. The smallest absolute Gasteiger partial charge is 0.306 e.